The van der Waals surface area contributed by atoms with Crippen molar-refractivity contribution in [3.63, 3.8) is 0 Å². The Morgan fingerprint density at radius 2 is 0.967 bits per heavy atom. The van der Waals surface area contributed by atoms with E-state index in [1.165, 1.54) is 83.5 Å². The predicted molar refractivity (Wildman–Crippen MR) is 125 cm³/mol. The van der Waals surface area contributed by atoms with Crippen LogP contribution in [0.3, 0.4) is 0 Å². The smallest absolute Gasteiger partial charge is 0.331 e. The number of carbonyl (C=O) groups excluding carboxylic acids is 2. The fourth-order valence-corrected chi connectivity index (χ4v) is 3.17. The second-order valence-corrected chi connectivity index (χ2v) is 9.62. The summed E-state index contributed by atoms with van der Waals surface area (Å²) >= 11 is 0. The maximum absolute atomic E-state index is 11.6. The van der Waals surface area contributed by atoms with Gasteiger partial charge in [0.15, 0.2) is 0 Å². The minimum Gasteiger partial charge on any atom is -0.463 e. The summed E-state index contributed by atoms with van der Waals surface area (Å²) in [5, 5.41) is 0. The molecule has 0 fully saturated rings. The summed E-state index contributed by atoms with van der Waals surface area (Å²) in [6.07, 6.45) is 21.9. The molecule has 0 aliphatic rings. The highest BCUT2D eigenvalue weighted by atomic mass is 16.5. The molecule has 176 valence electrons. The molecule has 0 aliphatic carbocycles. The summed E-state index contributed by atoms with van der Waals surface area (Å²) < 4.78 is 10.2. The molecule has 0 radical (unpaired) electrons. The fourth-order valence-electron chi connectivity index (χ4n) is 3.17. The second kappa shape index (κ2) is 19.6. The van der Waals surface area contributed by atoms with E-state index >= 15 is 0 Å². The van der Waals surface area contributed by atoms with Gasteiger partial charge in [0.1, 0.15) is 0 Å². The summed E-state index contributed by atoms with van der Waals surface area (Å²) in [6, 6.07) is 0. The van der Waals surface area contributed by atoms with Gasteiger partial charge in [-0.05, 0) is 11.8 Å². The zero-order valence-corrected chi connectivity index (χ0v) is 20.3. The lowest BCUT2D eigenvalue weighted by atomic mass is 9.99. The van der Waals surface area contributed by atoms with Gasteiger partial charge in [0, 0.05) is 12.2 Å². The van der Waals surface area contributed by atoms with Gasteiger partial charge in [0.25, 0.3) is 0 Å². The van der Waals surface area contributed by atoms with Gasteiger partial charge >= 0.3 is 11.9 Å². The molecule has 0 saturated heterocycles. The molecule has 4 heteroatoms. The van der Waals surface area contributed by atoms with Crippen LogP contribution in [-0.4, -0.2) is 25.2 Å². The first-order valence-electron chi connectivity index (χ1n) is 12.4. The third-order valence-electron chi connectivity index (χ3n) is 5.00. The minimum atomic E-state index is -0.506. The number of hydrogen-bond acceptors (Lipinski definition) is 4. The van der Waals surface area contributed by atoms with Crippen LogP contribution in [0.2, 0.25) is 0 Å². The maximum Gasteiger partial charge on any atom is 0.331 e. The Hall–Kier alpha value is -1.32. The molecule has 0 amide bonds. The number of esters is 2. The number of hydrogen-bond donors (Lipinski definition) is 0. The van der Waals surface area contributed by atoms with Crippen LogP contribution in [0.4, 0.5) is 0 Å². The van der Waals surface area contributed by atoms with Crippen molar-refractivity contribution in [3.8, 4) is 0 Å². The number of unbranched alkanes of at least 4 members (excludes halogenated alkanes) is 14. The first-order chi connectivity index (χ1) is 14.3. The fraction of sp³-hybridized carbons (Fsp3) is 0.846. The quantitative estimate of drug-likeness (QED) is 0.122. The lowest BCUT2D eigenvalue weighted by molar-refractivity contribution is -0.142. The van der Waals surface area contributed by atoms with Gasteiger partial charge in [0.05, 0.1) is 13.2 Å². The van der Waals surface area contributed by atoms with Crippen molar-refractivity contribution in [1.29, 1.82) is 0 Å². The van der Waals surface area contributed by atoms with E-state index in [2.05, 4.69) is 6.92 Å². The van der Waals surface area contributed by atoms with Gasteiger partial charge in [-0.25, -0.2) is 9.59 Å². The van der Waals surface area contributed by atoms with Crippen LogP contribution in [0.15, 0.2) is 12.2 Å². The van der Waals surface area contributed by atoms with Crippen LogP contribution in [-0.2, 0) is 19.1 Å². The molecule has 0 aromatic rings. The van der Waals surface area contributed by atoms with Gasteiger partial charge in [-0.15, -0.1) is 0 Å². The molecule has 0 bridgehead atoms. The van der Waals surface area contributed by atoms with E-state index in [0.717, 1.165) is 25.0 Å². The summed E-state index contributed by atoms with van der Waals surface area (Å²) in [5.74, 6) is -0.984. The molecule has 0 spiro atoms. The number of rotatable bonds is 19. The molecule has 0 saturated carbocycles. The van der Waals surface area contributed by atoms with Crippen LogP contribution < -0.4 is 0 Å². The normalized spacial score (nSPS) is 11.7. The Bertz CT molecular complexity index is 448. The van der Waals surface area contributed by atoms with E-state index in [1.54, 1.807) is 0 Å². The van der Waals surface area contributed by atoms with Gasteiger partial charge in [-0.3, -0.25) is 0 Å². The molecule has 0 heterocycles. The third-order valence-corrected chi connectivity index (χ3v) is 5.00. The van der Waals surface area contributed by atoms with Gasteiger partial charge in [-0.2, -0.15) is 0 Å². The van der Waals surface area contributed by atoms with Crippen LogP contribution in [0.5, 0.6) is 0 Å². The Morgan fingerprint density at radius 3 is 1.37 bits per heavy atom. The van der Waals surface area contributed by atoms with Crippen molar-refractivity contribution in [2.75, 3.05) is 13.2 Å². The van der Waals surface area contributed by atoms with Gasteiger partial charge in [0.2, 0.25) is 0 Å². The van der Waals surface area contributed by atoms with Crippen LogP contribution in [0.25, 0.3) is 0 Å². The molecule has 0 aliphatic heterocycles. The van der Waals surface area contributed by atoms with Crippen molar-refractivity contribution in [2.24, 2.45) is 5.41 Å². The Morgan fingerprint density at radius 1 is 0.600 bits per heavy atom. The molecular weight excluding hydrogens is 376 g/mol. The zero-order valence-electron chi connectivity index (χ0n) is 20.3. The molecule has 0 unspecified atom stereocenters. The van der Waals surface area contributed by atoms with Gasteiger partial charge in [-0.1, -0.05) is 118 Å². The Kier molecular flexibility index (Phi) is 18.8. The predicted octanol–water partition coefficient (Wildman–Crippen LogP) is 7.55. The third kappa shape index (κ3) is 23.0. The van der Waals surface area contributed by atoms with Crippen LogP contribution in [0, 0.1) is 5.41 Å². The molecule has 0 rings (SSSR count). The van der Waals surface area contributed by atoms with E-state index < -0.39 is 11.9 Å². The van der Waals surface area contributed by atoms with E-state index in [9.17, 15) is 9.59 Å². The Balaban J connectivity index is 3.36. The van der Waals surface area contributed by atoms with Gasteiger partial charge < -0.3 is 9.47 Å². The monoisotopic (exact) mass is 424 g/mol. The van der Waals surface area contributed by atoms with Crippen molar-refractivity contribution in [1.82, 2.24) is 0 Å². The highest BCUT2D eigenvalue weighted by Gasteiger charge is 2.12. The largest absolute Gasteiger partial charge is 0.463 e. The topological polar surface area (TPSA) is 52.6 Å². The summed E-state index contributed by atoms with van der Waals surface area (Å²) in [7, 11) is 0. The molecular formula is C26H48O4. The average Bonchev–Trinajstić information content (AvgIpc) is 2.69. The first-order valence-corrected chi connectivity index (χ1v) is 12.4. The van der Waals surface area contributed by atoms with Crippen molar-refractivity contribution in [3.05, 3.63) is 12.2 Å². The molecule has 4 nitrogen and oxygen atoms in total. The summed E-state index contributed by atoms with van der Waals surface area (Å²) in [5.41, 5.74) is -0.0858. The highest BCUT2D eigenvalue weighted by Crippen LogP contribution is 2.14. The molecule has 30 heavy (non-hydrogen) atoms. The summed E-state index contributed by atoms with van der Waals surface area (Å²) in [6.45, 7) is 8.95. The van der Waals surface area contributed by atoms with E-state index in [1.807, 2.05) is 20.8 Å². The van der Waals surface area contributed by atoms with Crippen molar-refractivity contribution >= 4 is 11.9 Å². The lowest BCUT2D eigenvalue weighted by Crippen LogP contribution is -2.17. The van der Waals surface area contributed by atoms with Crippen LogP contribution in [0.1, 0.15) is 124 Å². The summed E-state index contributed by atoms with van der Waals surface area (Å²) in [4.78, 5) is 23.1. The average molecular weight is 425 g/mol. The highest BCUT2D eigenvalue weighted by molar-refractivity contribution is 5.91. The number of ether oxygens (including phenoxy) is 2. The lowest BCUT2D eigenvalue weighted by Gasteiger charge is -2.16. The number of carbonyl (C=O) groups is 2. The molecule has 0 aromatic heterocycles. The Labute approximate surface area is 186 Å². The molecule has 0 N–H and O–H groups in total. The van der Waals surface area contributed by atoms with E-state index in [-0.39, 0.29) is 5.41 Å². The van der Waals surface area contributed by atoms with E-state index in [0.29, 0.717) is 13.2 Å². The zero-order chi connectivity index (χ0) is 22.5. The molecule has 0 aromatic carbocycles. The maximum atomic E-state index is 11.6. The minimum absolute atomic E-state index is 0.0858. The van der Waals surface area contributed by atoms with Crippen LogP contribution >= 0.6 is 0 Å². The SMILES string of the molecule is CCCCCCCCCCCCCCCCCOC(=O)/C=C/C(=O)OCC(C)(C)C. The molecule has 0 atom stereocenters. The second-order valence-electron chi connectivity index (χ2n) is 9.62. The standard InChI is InChI=1S/C26H48O4/c1-5-6-7-8-9-10-11-12-13-14-15-16-17-18-19-22-29-24(27)20-21-25(28)30-23-26(2,3)4/h20-21H,5-19,22-23H2,1-4H3/b21-20+. The van der Waals surface area contributed by atoms with Crippen molar-refractivity contribution in [2.45, 2.75) is 124 Å². The van der Waals surface area contributed by atoms with E-state index in [4.69, 9.17) is 9.47 Å². The first kappa shape index (κ1) is 28.7. The van der Waals surface area contributed by atoms with Crippen molar-refractivity contribution < 1.29 is 19.1 Å².